The summed E-state index contributed by atoms with van der Waals surface area (Å²) in [6, 6.07) is 99.7. The van der Waals surface area contributed by atoms with Gasteiger partial charge in [-0.05, 0) is 101 Å². The largest absolute Gasteiger partial charge is 0.311 e. The molecule has 0 fully saturated rings. The van der Waals surface area contributed by atoms with E-state index in [1.54, 1.807) is 0 Å². The zero-order valence-electron chi connectivity index (χ0n) is 35.3. The summed E-state index contributed by atoms with van der Waals surface area (Å²) in [6.07, 6.45) is 0. The van der Waals surface area contributed by atoms with Gasteiger partial charge in [0.15, 0.2) is 16.1 Å². The van der Waals surface area contributed by atoms with Crippen LogP contribution < -0.4 is 51.3 Å². The van der Waals surface area contributed by atoms with Crippen LogP contribution in [0.25, 0.3) is 11.1 Å². The van der Waals surface area contributed by atoms with Gasteiger partial charge in [0.25, 0.3) is 0 Å². The summed E-state index contributed by atoms with van der Waals surface area (Å²) in [5.41, 5.74) is 9.70. The molecule has 2 heterocycles. The first kappa shape index (κ1) is 38.0. The van der Waals surface area contributed by atoms with Gasteiger partial charge in [-0.25, -0.2) is 0 Å². The summed E-state index contributed by atoms with van der Waals surface area (Å²) in [4.78, 5) is 4.94. The van der Waals surface area contributed by atoms with Crippen LogP contribution in [0.5, 0.6) is 0 Å². The van der Waals surface area contributed by atoms with E-state index >= 15 is 0 Å². The summed E-state index contributed by atoms with van der Waals surface area (Å²) >= 11 is 0. The third kappa shape index (κ3) is 5.70. The van der Waals surface area contributed by atoms with Crippen LogP contribution in [0, 0.1) is 0 Å². The van der Waals surface area contributed by atoms with Crippen molar-refractivity contribution in [2.24, 2.45) is 0 Å². The smallest absolute Gasteiger partial charge is 0.184 e. The molecule has 10 aromatic carbocycles. The molecule has 0 aromatic heterocycles. The van der Waals surface area contributed by atoms with Crippen molar-refractivity contribution < 1.29 is 0 Å². The number of para-hydroxylation sites is 5. The van der Waals surface area contributed by atoms with Crippen molar-refractivity contribution in [1.29, 1.82) is 0 Å². The van der Waals surface area contributed by atoms with Crippen LogP contribution in [0.3, 0.4) is 0 Å². The van der Waals surface area contributed by atoms with Crippen molar-refractivity contribution in [3.63, 3.8) is 0 Å². The third-order valence-corrected chi connectivity index (χ3v) is 23.3. The Labute approximate surface area is 377 Å². The second kappa shape index (κ2) is 15.5. The Balaban J connectivity index is 0.968. The molecule has 4 heteroatoms. The molecule has 0 saturated heterocycles. The predicted octanol–water partition coefficient (Wildman–Crippen LogP) is 9.67. The molecule has 0 amide bonds. The average Bonchev–Trinajstić information content (AvgIpc) is 3.38. The van der Waals surface area contributed by atoms with Crippen molar-refractivity contribution >= 4 is 91.8 Å². The summed E-state index contributed by atoms with van der Waals surface area (Å²) < 4.78 is 0. The molecule has 302 valence electrons. The first-order valence-corrected chi connectivity index (χ1v) is 26.2. The molecular weight excluding hydrogens is 805 g/mol. The van der Waals surface area contributed by atoms with Gasteiger partial charge in [-0.15, -0.1) is 0 Å². The van der Waals surface area contributed by atoms with Crippen LogP contribution in [-0.4, -0.2) is 16.1 Å². The number of fused-ring (bicyclic) bond motifs is 4. The van der Waals surface area contributed by atoms with Crippen LogP contribution in [0.2, 0.25) is 0 Å². The van der Waals surface area contributed by atoms with E-state index in [4.69, 9.17) is 0 Å². The highest BCUT2D eigenvalue weighted by Crippen LogP contribution is 2.40. The number of nitrogens with zero attached hydrogens (tertiary/aromatic N) is 2. The molecule has 0 unspecified atom stereocenters. The Kier molecular flexibility index (Phi) is 9.22. The second-order valence-electron chi connectivity index (χ2n) is 16.8. The normalized spacial score (nSPS) is 14.1. The van der Waals surface area contributed by atoms with Crippen LogP contribution >= 0.6 is 0 Å². The maximum Gasteiger partial charge on any atom is 0.184 e. The van der Waals surface area contributed by atoms with Gasteiger partial charge in [0.1, 0.15) is 0 Å². The lowest BCUT2D eigenvalue weighted by Crippen LogP contribution is -2.77. The summed E-state index contributed by atoms with van der Waals surface area (Å²) in [7, 11) is -5.45. The van der Waals surface area contributed by atoms with E-state index in [-0.39, 0.29) is 0 Å². The number of anilines is 6. The molecule has 10 aromatic rings. The molecule has 0 saturated carbocycles. The molecule has 2 aliphatic rings. The topological polar surface area (TPSA) is 6.48 Å². The lowest BCUT2D eigenvalue weighted by Gasteiger charge is -2.45. The fourth-order valence-corrected chi connectivity index (χ4v) is 21.2. The Morgan fingerprint density at radius 2 is 0.453 bits per heavy atom. The van der Waals surface area contributed by atoms with E-state index in [1.807, 2.05) is 0 Å². The van der Waals surface area contributed by atoms with Gasteiger partial charge < -0.3 is 9.80 Å². The van der Waals surface area contributed by atoms with E-state index in [9.17, 15) is 0 Å². The summed E-state index contributed by atoms with van der Waals surface area (Å²) in [5, 5.41) is 11.1. The van der Waals surface area contributed by atoms with E-state index in [0.717, 1.165) is 5.69 Å². The molecule has 0 aliphatic carbocycles. The summed E-state index contributed by atoms with van der Waals surface area (Å²) in [6.45, 7) is 0. The minimum absolute atomic E-state index is 1.15. The van der Waals surface area contributed by atoms with E-state index in [1.165, 1.54) is 81.1 Å². The first-order chi connectivity index (χ1) is 31.8. The molecular formula is C60H44N2Si2. The second-order valence-corrected chi connectivity index (χ2v) is 24.3. The predicted molar refractivity (Wildman–Crippen MR) is 276 cm³/mol. The van der Waals surface area contributed by atoms with Crippen molar-refractivity contribution in [2.75, 3.05) is 9.80 Å². The maximum absolute atomic E-state index is 2.78. The van der Waals surface area contributed by atoms with Crippen LogP contribution in [0.15, 0.2) is 267 Å². The van der Waals surface area contributed by atoms with Crippen LogP contribution in [-0.2, 0) is 0 Å². The first-order valence-electron chi connectivity index (χ1n) is 22.2. The van der Waals surface area contributed by atoms with E-state index in [0.29, 0.717) is 0 Å². The molecule has 0 bridgehead atoms. The van der Waals surface area contributed by atoms with Crippen molar-refractivity contribution in [1.82, 2.24) is 0 Å². The number of hydrogen-bond donors (Lipinski definition) is 0. The fraction of sp³-hybridized carbons (Fsp3) is 0. The maximum atomic E-state index is 2.49. The van der Waals surface area contributed by atoms with E-state index in [2.05, 4.69) is 277 Å². The van der Waals surface area contributed by atoms with Gasteiger partial charge in [-0.3, -0.25) is 0 Å². The van der Waals surface area contributed by atoms with Crippen molar-refractivity contribution in [3.8, 4) is 11.1 Å². The van der Waals surface area contributed by atoms with Gasteiger partial charge in [0, 0.05) is 34.1 Å². The molecule has 0 N–H and O–H groups in total. The molecule has 2 nitrogen and oxygen atoms in total. The minimum atomic E-state index is -2.78. The molecule has 0 radical (unpaired) electrons. The van der Waals surface area contributed by atoms with Gasteiger partial charge in [0.2, 0.25) is 0 Å². The number of rotatable bonds is 7. The minimum Gasteiger partial charge on any atom is -0.311 e. The molecule has 0 atom stereocenters. The zero-order chi connectivity index (χ0) is 42.5. The number of hydrogen-bond acceptors (Lipinski definition) is 2. The lowest BCUT2D eigenvalue weighted by atomic mass is 10.0. The van der Waals surface area contributed by atoms with Crippen LogP contribution in [0.1, 0.15) is 0 Å². The Morgan fingerprint density at radius 3 is 0.797 bits per heavy atom. The Morgan fingerprint density at radius 1 is 0.203 bits per heavy atom. The average molecular weight is 849 g/mol. The lowest BCUT2D eigenvalue weighted by molar-refractivity contribution is 1.29. The van der Waals surface area contributed by atoms with Crippen LogP contribution in [0.4, 0.5) is 34.1 Å². The molecule has 0 spiro atoms. The van der Waals surface area contributed by atoms with Gasteiger partial charge >= 0.3 is 0 Å². The highest BCUT2D eigenvalue weighted by molar-refractivity contribution is 7.22. The standard InChI is InChI=1S/C60H44N2Si2/c1-5-21-47(22-6-1)61-53-29-13-19-35-59(53)64(51-27-11-4-12-28-51,60-36-20-14-30-54(60)61)52-43-39-46(40-44-52)45-37-41-48(42-38-45)62-55-31-15-17-33-57(55)63(49-23-7-2-8-24-49,50-25-9-3-10-26-50)58-34-18-16-32-56(58)62/h1-44H. The van der Waals surface area contributed by atoms with Gasteiger partial charge in [-0.1, -0.05) is 218 Å². The molecule has 2 aliphatic heterocycles. The monoisotopic (exact) mass is 848 g/mol. The van der Waals surface area contributed by atoms with Crippen molar-refractivity contribution in [2.45, 2.75) is 0 Å². The highest BCUT2D eigenvalue weighted by Gasteiger charge is 2.50. The summed E-state index contributed by atoms with van der Waals surface area (Å²) in [5.74, 6) is 0. The fourth-order valence-electron chi connectivity index (χ4n) is 11.0. The Bertz CT molecular complexity index is 3130. The van der Waals surface area contributed by atoms with Gasteiger partial charge in [0.05, 0.1) is 0 Å². The van der Waals surface area contributed by atoms with Crippen molar-refractivity contribution in [3.05, 3.63) is 267 Å². The highest BCUT2D eigenvalue weighted by atomic mass is 28.3. The Hall–Kier alpha value is -7.77. The van der Waals surface area contributed by atoms with Gasteiger partial charge in [-0.2, -0.15) is 0 Å². The zero-order valence-corrected chi connectivity index (χ0v) is 37.3. The quantitative estimate of drug-likeness (QED) is 0.148. The SMILES string of the molecule is c1ccc(N2c3ccccc3[Si](c3ccccc3)(c3ccc(-c4ccc(N5c6ccccc6[Si](c6ccccc6)(c6ccccc6)c6ccccc65)cc4)cc3)c3ccccc32)cc1. The third-order valence-electron chi connectivity index (χ3n) is 13.6. The number of benzene rings is 10. The molecule has 12 rings (SSSR count). The van der Waals surface area contributed by atoms with E-state index < -0.39 is 16.1 Å². The molecule has 64 heavy (non-hydrogen) atoms.